The van der Waals surface area contributed by atoms with Gasteiger partial charge in [-0.1, -0.05) is 0 Å². The summed E-state index contributed by atoms with van der Waals surface area (Å²) in [7, 11) is 0. The first kappa shape index (κ1) is 11.6. The lowest BCUT2D eigenvalue weighted by Crippen LogP contribution is -2.18. The van der Waals surface area contributed by atoms with Crippen LogP contribution in [0.15, 0.2) is 34.2 Å². The maximum atomic E-state index is 11.7. The minimum atomic E-state index is -0.216. The molecule has 2 heterocycles. The molecule has 0 aliphatic carbocycles. The van der Waals surface area contributed by atoms with Crippen LogP contribution in [-0.2, 0) is 0 Å². The minimum Gasteiger partial charge on any atom is -0.384 e. The number of nitrogens with two attached hydrogens (primary N) is 1. The quantitative estimate of drug-likeness (QED) is 0.825. The maximum absolute atomic E-state index is 11.7. The molecule has 4 nitrogen and oxygen atoms in total. The fourth-order valence-electron chi connectivity index (χ4n) is 1.48. The molecule has 0 bridgehead atoms. The van der Waals surface area contributed by atoms with Gasteiger partial charge in [0.15, 0.2) is 0 Å². The Morgan fingerprint density at radius 2 is 2.12 bits per heavy atom. The highest BCUT2D eigenvalue weighted by atomic mass is 32.1. The summed E-state index contributed by atoms with van der Waals surface area (Å²) in [6.07, 6.45) is 1.64. The Morgan fingerprint density at radius 1 is 1.35 bits per heavy atom. The number of aromatic nitrogens is 1. The van der Waals surface area contributed by atoms with Gasteiger partial charge in [-0.25, -0.2) is 0 Å². The molecule has 0 unspecified atom stereocenters. The highest BCUT2D eigenvalue weighted by Gasteiger charge is 2.00. The number of anilines is 1. The normalized spacial score (nSPS) is 11.2. The van der Waals surface area contributed by atoms with Crippen LogP contribution in [0.2, 0.25) is 0 Å². The SMILES string of the molecule is Cc1cc(N)n(/N=C\c2ccc(C)s2)c(=O)c1. The average molecular weight is 247 g/mol. The van der Waals surface area contributed by atoms with E-state index in [1.807, 2.05) is 26.0 Å². The fourth-order valence-corrected chi connectivity index (χ4v) is 2.22. The summed E-state index contributed by atoms with van der Waals surface area (Å²) in [5.41, 5.74) is 6.37. The summed E-state index contributed by atoms with van der Waals surface area (Å²) in [5, 5.41) is 4.09. The molecule has 5 heteroatoms. The first-order chi connectivity index (χ1) is 8.06. The molecule has 88 valence electrons. The average Bonchev–Trinajstić information content (AvgIpc) is 2.62. The van der Waals surface area contributed by atoms with Crippen LogP contribution in [0.5, 0.6) is 0 Å². The topological polar surface area (TPSA) is 60.4 Å². The zero-order chi connectivity index (χ0) is 12.4. The van der Waals surface area contributed by atoms with Crippen LogP contribution in [0, 0.1) is 13.8 Å². The highest BCUT2D eigenvalue weighted by Crippen LogP contribution is 2.12. The molecule has 2 aromatic rings. The van der Waals surface area contributed by atoms with Crippen LogP contribution in [0.25, 0.3) is 0 Å². The summed E-state index contributed by atoms with van der Waals surface area (Å²) in [4.78, 5) is 13.9. The summed E-state index contributed by atoms with van der Waals surface area (Å²) >= 11 is 1.62. The first-order valence-electron chi connectivity index (χ1n) is 5.16. The fraction of sp³-hybridized carbons (Fsp3) is 0.167. The molecular formula is C12H13N3OS. The molecule has 0 saturated carbocycles. The molecule has 2 rings (SSSR count). The molecule has 0 fully saturated rings. The van der Waals surface area contributed by atoms with E-state index in [9.17, 15) is 4.79 Å². The predicted molar refractivity (Wildman–Crippen MR) is 71.9 cm³/mol. The molecule has 0 amide bonds. The molecular weight excluding hydrogens is 234 g/mol. The number of hydrogen-bond acceptors (Lipinski definition) is 4. The van der Waals surface area contributed by atoms with E-state index in [-0.39, 0.29) is 5.56 Å². The van der Waals surface area contributed by atoms with Crippen molar-refractivity contribution in [3.63, 3.8) is 0 Å². The number of thiophene rings is 1. The van der Waals surface area contributed by atoms with Gasteiger partial charge in [-0.2, -0.15) is 9.78 Å². The number of aryl methyl sites for hydroxylation is 2. The van der Waals surface area contributed by atoms with Crippen molar-refractivity contribution >= 4 is 23.4 Å². The number of hydrogen-bond donors (Lipinski definition) is 1. The summed E-state index contributed by atoms with van der Waals surface area (Å²) < 4.78 is 1.20. The van der Waals surface area contributed by atoms with Gasteiger partial charge in [0.25, 0.3) is 5.56 Å². The van der Waals surface area contributed by atoms with Gasteiger partial charge in [-0.3, -0.25) is 4.79 Å². The summed E-state index contributed by atoms with van der Waals surface area (Å²) in [6.45, 7) is 3.85. The lowest BCUT2D eigenvalue weighted by atomic mass is 10.3. The van der Waals surface area contributed by atoms with Crippen molar-refractivity contribution in [2.45, 2.75) is 13.8 Å². The first-order valence-corrected chi connectivity index (χ1v) is 5.98. The Labute approximate surface area is 103 Å². The molecule has 0 saturated heterocycles. The van der Waals surface area contributed by atoms with E-state index in [0.717, 1.165) is 10.4 Å². The molecule has 0 aliphatic rings. The third kappa shape index (κ3) is 2.62. The highest BCUT2D eigenvalue weighted by molar-refractivity contribution is 7.13. The van der Waals surface area contributed by atoms with Crippen molar-refractivity contribution in [2.75, 3.05) is 5.73 Å². The van der Waals surface area contributed by atoms with Gasteiger partial charge in [0.1, 0.15) is 5.82 Å². The van der Waals surface area contributed by atoms with Gasteiger partial charge in [0.05, 0.1) is 6.21 Å². The number of nitrogens with zero attached hydrogens (tertiary/aromatic N) is 2. The Hall–Kier alpha value is -1.88. The molecule has 2 aromatic heterocycles. The molecule has 0 radical (unpaired) electrons. The standard InChI is InChI=1S/C12H13N3OS/c1-8-5-11(13)15(12(16)6-8)14-7-10-4-3-9(2)17-10/h3-7H,13H2,1-2H3/b14-7-. The number of pyridine rings is 1. The Kier molecular flexibility index (Phi) is 3.10. The van der Waals surface area contributed by atoms with Crippen LogP contribution in [0.3, 0.4) is 0 Å². The van der Waals surface area contributed by atoms with Gasteiger partial charge >= 0.3 is 0 Å². The Morgan fingerprint density at radius 3 is 2.71 bits per heavy atom. The van der Waals surface area contributed by atoms with Crippen LogP contribution < -0.4 is 11.3 Å². The Bertz CT molecular complexity index is 625. The monoisotopic (exact) mass is 247 g/mol. The van der Waals surface area contributed by atoms with Crippen molar-refractivity contribution in [1.29, 1.82) is 0 Å². The van der Waals surface area contributed by atoms with Gasteiger partial charge < -0.3 is 5.73 Å². The van der Waals surface area contributed by atoms with Crippen molar-refractivity contribution < 1.29 is 0 Å². The van der Waals surface area contributed by atoms with Crippen LogP contribution in [0.4, 0.5) is 5.82 Å². The van der Waals surface area contributed by atoms with Crippen LogP contribution in [-0.4, -0.2) is 10.9 Å². The molecule has 0 aliphatic heterocycles. The molecule has 0 spiro atoms. The zero-order valence-electron chi connectivity index (χ0n) is 9.68. The van der Waals surface area contributed by atoms with E-state index in [1.165, 1.54) is 15.6 Å². The number of nitrogen functional groups attached to an aromatic ring is 1. The second kappa shape index (κ2) is 4.55. The predicted octanol–water partition coefficient (Wildman–Crippen LogP) is 1.99. The van der Waals surface area contributed by atoms with E-state index in [0.29, 0.717) is 5.82 Å². The van der Waals surface area contributed by atoms with Crippen LogP contribution in [0.1, 0.15) is 15.3 Å². The summed E-state index contributed by atoms with van der Waals surface area (Å²) in [5.74, 6) is 0.347. The van der Waals surface area contributed by atoms with E-state index in [2.05, 4.69) is 5.10 Å². The number of rotatable bonds is 2. The van der Waals surface area contributed by atoms with Gasteiger partial charge in [-0.15, -0.1) is 11.3 Å². The molecule has 0 atom stereocenters. The molecule has 17 heavy (non-hydrogen) atoms. The zero-order valence-corrected chi connectivity index (χ0v) is 10.5. The van der Waals surface area contributed by atoms with Crippen molar-refractivity contribution in [2.24, 2.45) is 5.10 Å². The second-order valence-corrected chi connectivity index (χ2v) is 5.12. The Balaban J connectivity index is 2.36. The second-order valence-electron chi connectivity index (χ2n) is 3.80. The van der Waals surface area contributed by atoms with Gasteiger partial charge in [-0.05, 0) is 37.6 Å². The van der Waals surface area contributed by atoms with Crippen molar-refractivity contribution in [3.8, 4) is 0 Å². The lowest BCUT2D eigenvalue weighted by Gasteiger charge is -2.02. The van der Waals surface area contributed by atoms with Crippen LogP contribution >= 0.6 is 11.3 Å². The maximum Gasteiger partial charge on any atom is 0.273 e. The summed E-state index contributed by atoms with van der Waals surface area (Å²) in [6, 6.07) is 7.19. The third-order valence-corrected chi connectivity index (χ3v) is 3.18. The largest absolute Gasteiger partial charge is 0.384 e. The molecule has 0 aromatic carbocycles. The van der Waals surface area contributed by atoms with E-state index in [1.54, 1.807) is 23.6 Å². The van der Waals surface area contributed by atoms with Gasteiger partial charge in [0.2, 0.25) is 0 Å². The van der Waals surface area contributed by atoms with E-state index in [4.69, 9.17) is 5.73 Å². The third-order valence-electron chi connectivity index (χ3n) is 2.24. The smallest absolute Gasteiger partial charge is 0.273 e. The van der Waals surface area contributed by atoms with Gasteiger partial charge in [0, 0.05) is 15.8 Å². The molecule has 2 N–H and O–H groups in total. The minimum absolute atomic E-state index is 0.216. The van der Waals surface area contributed by atoms with E-state index >= 15 is 0 Å². The lowest BCUT2D eigenvalue weighted by molar-refractivity contribution is 0.844. The van der Waals surface area contributed by atoms with Crippen molar-refractivity contribution in [1.82, 2.24) is 4.68 Å². The van der Waals surface area contributed by atoms with Crippen molar-refractivity contribution in [3.05, 3.63) is 49.9 Å². The van der Waals surface area contributed by atoms with E-state index < -0.39 is 0 Å².